The summed E-state index contributed by atoms with van der Waals surface area (Å²) in [5, 5.41) is 13.4. The van der Waals surface area contributed by atoms with E-state index >= 15 is 0 Å². The van der Waals surface area contributed by atoms with Gasteiger partial charge in [-0.2, -0.15) is 0 Å². The van der Waals surface area contributed by atoms with Crippen molar-refractivity contribution in [3.8, 4) is 0 Å². The number of aliphatic carboxylic acids is 1. The maximum Gasteiger partial charge on any atom is 0.321 e. The zero-order chi connectivity index (χ0) is 17.2. The van der Waals surface area contributed by atoms with Crippen molar-refractivity contribution >= 4 is 5.97 Å². The minimum atomic E-state index is -0.673. The molecular weight excluding hydrogens is 310 g/mol. The molecule has 5 atom stereocenters. The average Bonchev–Trinajstić information content (AvgIpc) is 2.64. The Balaban J connectivity index is 0.00000225. The summed E-state index contributed by atoms with van der Waals surface area (Å²) in [6.45, 7) is 5.25. The highest BCUT2D eigenvalue weighted by Crippen LogP contribution is 2.52. The molecule has 1 aromatic rings. The van der Waals surface area contributed by atoms with Crippen LogP contribution in [0.15, 0.2) is 30.3 Å². The molecule has 4 unspecified atom stereocenters. The number of rotatable bonds is 5. The number of carboxylic acids is 1. The Kier molecular flexibility index (Phi) is 6.67. The summed E-state index contributed by atoms with van der Waals surface area (Å²) in [7, 11) is 0. The molecule has 2 aliphatic carbocycles. The first-order valence-electron chi connectivity index (χ1n) is 9.48. The second-order valence-electron chi connectivity index (χ2n) is 8.50. The van der Waals surface area contributed by atoms with Gasteiger partial charge in [0.15, 0.2) is 0 Å². The van der Waals surface area contributed by atoms with Crippen LogP contribution in [0.5, 0.6) is 0 Å². The van der Waals surface area contributed by atoms with Gasteiger partial charge in [-0.25, -0.2) is 0 Å². The second-order valence-corrected chi connectivity index (χ2v) is 8.50. The Morgan fingerprint density at radius 1 is 1.16 bits per heavy atom. The first-order chi connectivity index (χ1) is 11.5. The molecule has 0 saturated heterocycles. The van der Waals surface area contributed by atoms with Crippen molar-refractivity contribution in [2.24, 2.45) is 23.2 Å². The topological polar surface area (TPSA) is 49.3 Å². The SMILES string of the molecule is C.CC1CCC2CC(C)C[C@](C(NCc3ccccc3)C(=O)O)(C1)C2. The molecule has 0 aliphatic heterocycles. The van der Waals surface area contributed by atoms with E-state index in [0.717, 1.165) is 24.8 Å². The lowest BCUT2D eigenvalue weighted by atomic mass is 9.60. The Labute approximate surface area is 153 Å². The van der Waals surface area contributed by atoms with Crippen molar-refractivity contribution in [3.05, 3.63) is 35.9 Å². The molecule has 2 saturated carbocycles. The van der Waals surface area contributed by atoms with Crippen LogP contribution in [0.4, 0.5) is 0 Å². The number of hydrogen-bond donors (Lipinski definition) is 2. The molecule has 0 amide bonds. The van der Waals surface area contributed by atoms with E-state index in [-0.39, 0.29) is 12.8 Å². The van der Waals surface area contributed by atoms with E-state index in [9.17, 15) is 9.90 Å². The minimum absolute atomic E-state index is 0. The maximum absolute atomic E-state index is 12.2. The summed E-state index contributed by atoms with van der Waals surface area (Å²) < 4.78 is 0. The van der Waals surface area contributed by atoms with E-state index in [0.29, 0.717) is 24.3 Å². The monoisotopic (exact) mass is 345 g/mol. The molecular formula is C22H35NO2. The first-order valence-corrected chi connectivity index (χ1v) is 9.48. The van der Waals surface area contributed by atoms with Gasteiger partial charge >= 0.3 is 5.97 Å². The smallest absolute Gasteiger partial charge is 0.321 e. The van der Waals surface area contributed by atoms with Crippen LogP contribution in [0.2, 0.25) is 0 Å². The van der Waals surface area contributed by atoms with Gasteiger partial charge in [-0.3, -0.25) is 10.1 Å². The largest absolute Gasteiger partial charge is 0.480 e. The molecule has 2 fully saturated rings. The lowest BCUT2D eigenvalue weighted by Crippen LogP contribution is -2.53. The second kappa shape index (κ2) is 8.35. The predicted octanol–water partition coefficient (Wildman–Crippen LogP) is 5.11. The number of fused-ring (bicyclic) bond motifs is 2. The third kappa shape index (κ3) is 4.63. The lowest BCUT2D eigenvalue weighted by molar-refractivity contribution is -0.145. The van der Waals surface area contributed by atoms with Crippen molar-refractivity contribution in [1.82, 2.24) is 5.32 Å². The van der Waals surface area contributed by atoms with E-state index < -0.39 is 12.0 Å². The lowest BCUT2D eigenvalue weighted by Gasteiger charge is -2.46. The van der Waals surface area contributed by atoms with E-state index in [1.807, 2.05) is 18.2 Å². The fourth-order valence-electron chi connectivity index (χ4n) is 5.53. The van der Waals surface area contributed by atoms with Gasteiger partial charge < -0.3 is 5.11 Å². The highest BCUT2D eigenvalue weighted by atomic mass is 16.4. The van der Waals surface area contributed by atoms with Gasteiger partial charge in [0.25, 0.3) is 0 Å². The van der Waals surface area contributed by atoms with Crippen LogP contribution < -0.4 is 5.32 Å². The molecule has 3 nitrogen and oxygen atoms in total. The van der Waals surface area contributed by atoms with Gasteiger partial charge in [-0.05, 0) is 54.4 Å². The molecule has 0 spiro atoms. The van der Waals surface area contributed by atoms with Crippen LogP contribution in [0.3, 0.4) is 0 Å². The van der Waals surface area contributed by atoms with Crippen molar-refractivity contribution in [2.75, 3.05) is 0 Å². The standard InChI is InChI=1S/C21H31NO2.CH4/c1-15-8-9-18-10-16(2)12-21(11-15,13-18)19(20(23)24)22-14-17-6-4-3-5-7-17;/h3-7,15-16,18-19,22H,8-14H2,1-2H3,(H,23,24);1H4/t15?,16?,18?,19?,21-;/m1./s1. The number of hydrogen-bond acceptors (Lipinski definition) is 2. The minimum Gasteiger partial charge on any atom is -0.480 e. The number of nitrogens with one attached hydrogen (secondary N) is 1. The van der Waals surface area contributed by atoms with Gasteiger partial charge in [0.05, 0.1) is 0 Å². The van der Waals surface area contributed by atoms with Crippen LogP contribution in [-0.2, 0) is 11.3 Å². The van der Waals surface area contributed by atoms with Gasteiger partial charge in [0.1, 0.15) is 6.04 Å². The number of carbonyl (C=O) groups is 1. The van der Waals surface area contributed by atoms with Crippen LogP contribution in [0.1, 0.15) is 65.4 Å². The molecule has 2 aliphatic rings. The summed E-state index contributed by atoms with van der Waals surface area (Å²) in [6, 6.07) is 9.70. The quantitative estimate of drug-likeness (QED) is 0.780. The van der Waals surface area contributed by atoms with Gasteiger partial charge in [-0.1, -0.05) is 64.4 Å². The zero-order valence-electron chi connectivity index (χ0n) is 15.0. The van der Waals surface area contributed by atoms with Gasteiger partial charge in [0, 0.05) is 6.54 Å². The number of carboxylic acid groups (broad SMARTS) is 1. The first kappa shape index (κ1) is 20.0. The molecule has 140 valence electrons. The van der Waals surface area contributed by atoms with E-state index in [2.05, 4.69) is 31.3 Å². The van der Waals surface area contributed by atoms with Crippen molar-refractivity contribution in [2.45, 2.75) is 72.4 Å². The summed E-state index contributed by atoms with van der Waals surface area (Å²) >= 11 is 0. The van der Waals surface area contributed by atoms with Crippen molar-refractivity contribution in [1.29, 1.82) is 0 Å². The third-order valence-corrected chi connectivity index (χ3v) is 6.22. The van der Waals surface area contributed by atoms with Crippen LogP contribution >= 0.6 is 0 Å². The van der Waals surface area contributed by atoms with Crippen molar-refractivity contribution < 1.29 is 9.90 Å². The molecule has 1 aromatic carbocycles. The highest BCUT2D eigenvalue weighted by molar-refractivity contribution is 5.74. The van der Waals surface area contributed by atoms with Crippen LogP contribution in [0, 0.1) is 23.2 Å². The molecule has 0 radical (unpaired) electrons. The van der Waals surface area contributed by atoms with Crippen LogP contribution in [-0.4, -0.2) is 17.1 Å². The summed E-state index contributed by atoms with van der Waals surface area (Å²) in [5.74, 6) is 1.29. The Bertz CT molecular complexity index is 554. The molecule has 3 rings (SSSR count). The Morgan fingerprint density at radius 2 is 1.84 bits per heavy atom. The Hall–Kier alpha value is -1.35. The van der Waals surface area contributed by atoms with Crippen LogP contribution in [0.25, 0.3) is 0 Å². The molecule has 3 heteroatoms. The normalized spacial score (nSPS) is 33.0. The van der Waals surface area contributed by atoms with E-state index in [1.54, 1.807) is 0 Å². The van der Waals surface area contributed by atoms with E-state index in [4.69, 9.17) is 0 Å². The van der Waals surface area contributed by atoms with Crippen molar-refractivity contribution in [3.63, 3.8) is 0 Å². The van der Waals surface area contributed by atoms with E-state index in [1.165, 1.54) is 19.3 Å². The molecule has 2 bridgehead atoms. The molecule has 0 heterocycles. The summed E-state index contributed by atoms with van der Waals surface area (Å²) in [5.41, 5.74) is 1.07. The predicted molar refractivity (Wildman–Crippen MR) is 103 cm³/mol. The summed E-state index contributed by atoms with van der Waals surface area (Å²) in [6.07, 6.45) is 6.99. The Morgan fingerprint density at radius 3 is 2.52 bits per heavy atom. The highest BCUT2D eigenvalue weighted by Gasteiger charge is 2.49. The fraction of sp³-hybridized carbons (Fsp3) is 0.682. The molecule has 2 N–H and O–H groups in total. The average molecular weight is 346 g/mol. The third-order valence-electron chi connectivity index (χ3n) is 6.22. The number of benzene rings is 1. The van der Waals surface area contributed by atoms with Gasteiger partial charge in [-0.15, -0.1) is 0 Å². The zero-order valence-corrected chi connectivity index (χ0v) is 15.0. The maximum atomic E-state index is 12.2. The van der Waals surface area contributed by atoms with Gasteiger partial charge in [0.2, 0.25) is 0 Å². The fourth-order valence-corrected chi connectivity index (χ4v) is 5.53. The molecule has 25 heavy (non-hydrogen) atoms. The molecule has 0 aromatic heterocycles. The summed E-state index contributed by atoms with van der Waals surface area (Å²) in [4.78, 5) is 12.2.